The number of ether oxygens (including phenoxy) is 2. The molecule has 4 rings (SSSR count). The lowest BCUT2D eigenvalue weighted by molar-refractivity contribution is 0.126. The molecule has 7 heteroatoms. The third-order valence-electron chi connectivity index (χ3n) is 4.63. The number of rotatable bonds is 10. The Morgan fingerprint density at radius 1 is 0.844 bits per heavy atom. The lowest BCUT2D eigenvalue weighted by Crippen LogP contribution is -2.20. The summed E-state index contributed by atoms with van der Waals surface area (Å²) >= 11 is 1.28. The van der Waals surface area contributed by atoms with Crippen molar-refractivity contribution in [3.05, 3.63) is 90.3 Å². The van der Waals surface area contributed by atoms with Crippen molar-refractivity contribution < 1.29 is 19.0 Å². The van der Waals surface area contributed by atoms with Gasteiger partial charge in [0.05, 0.1) is 6.10 Å². The van der Waals surface area contributed by atoms with Crippen LogP contribution >= 0.6 is 11.8 Å². The second-order valence-electron chi connectivity index (χ2n) is 7.23. The quantitative estimate of drug-likeness (QED) is 0.336. The minimum Gasteiger partial charge on any atom is -0.491 e. The Labute approximate surface area is 191 Å². The number of aliphatic hydroxyl groups is 1. The molecule has 32 heavy (non-hydrogen) atoms. The number of aryl methyl sites for hydroxylation is 1. The van der Waals surface area contributed by atoms with Crippen molar-refractivity contribution >= 4 is 11.8 Å². The molecular formula is C25H24N2O4S. The summed E-state index contributed by atoms with van der Waals surface area (Å²) in [6, 6.07) is 25.7. The predicted molar refractivity (Wildman–Crippen MR) is 124 cm³/mol. The summed E-state index contributed by atoms with van der Waals surface area (Å²) in [5, 5.41) is 18.6. The van der Waals surface area contributed by atoms with Gasteiger partial charge in [0, 0.05) is 5.75 Å². The van der Waals surface area contributed by atoms with Crippen molar-refractivity contribution in [1.29, 1.82) is 0 Å². The maximum atomic E-state index is 10.2. The largest absolute Gasteiger partial charge is 0.491 e. The molecule has 0 aliphatic rings. The Morgan fingerprint density at radius 3 is 2.25 bits per heavy atom. The van der Waals surface area contributed by atoms with Gasteiger partial charge in [0.1, 0.15) is 18.1 Å². The molecule has 0 aliphatic heterocycles. The zero-order valence-electron chi connectivity index (χ0n) is 17.7. The number of hydrogen-bond donors (Lipinski definition) is 1. The lowest BCUT2D eigenvalue weighted by Gasteiger charge is -2.11. The van der Waals surface area contributed by atoms with E-state index in [1.807, 2.05) is 73.7 Å². The van der Waals surface area contributed by atoms with E-state index in [0.717, 1.165) is 16.9 Å². The standard InChI is InChI=1S/C25H24N2O4S/c1-18-7-11-22(12-8-18)30-16-24-26-27-25(31-24)32-17-21(28)15-29-23-13-9-20(10-14-23)19-5-3-2-4-6-19/h2-14,21,28H,15-17H2,1H3. The first-order valence-corrected chi connectivity index (χ1v) is 11.3. The summed E-state index contributed by atoms with van der Waals surface area (Å²) < 4.78 is 16.9. The molecule has 0 radical (unpaired) electrons. The Balaban J connectivity index is 1.19. The lowest BCUT2D eigenvalue weighted by atomic mass is 10.1. The third kappa shape index (κ3) is 6.35. The van der Waals surface area contributed by atoms with Gasteiger partial charge in [-0.1, -0.05) is 71.9 Å². The molecular weight excluding hydrogens is 424 g/mol. The van der Waals surface area contributed by atoms with Gasteiger partial charge < -0.3 is 19.0 Å². The first-order valence-electron chi connectivity index (χ1n) is 10.3. The molecule has 1 aromatic heterocycles. The summed E-state index contributed by atoms with van der Waals surface area (Å²) in [7, 11) is 0. The summed E-state index contributed by atoms with van der Waals surface area (Å²) in [4.78, 5) is 0. The monoisotopic (exact) mass is 448 g/mol. The minimum atomic E-state index is -0.673. The van der Waals surface area contributed by atoms with Gasteiger partial charge in [-0.15, -0.1) is 10.2 Å². The van der Waals surface area contributed by atoms with Crippen molar-refractivity contribution in [2.45, 2.75) is 24.9 Å². The van der Waals surface area contributed by atoms with Crippen molar-refractivity contribution in [2.75, 3.05) is 12.4 Å². The van der Waals surface area contributed by atoms with Crippen molar-refractivity contribution in [3.63, 3.8) is 0 Å². The summed E-state index contributed by atoms with van der Waals surface area (Å²) in [6.07, 6.45) is -0.673. The van der Waals surface area contributed by atoms with E-state index in [0.29, 0.717) is 22.6 Å². The molecule has 1 atom stereocenters. The van der Waals surface area contributed by atoms with Crippen LogP contribution < -0.4 is 9.47 Å². The van der Waals surface area contributed by atoms with E-state index in [1.165, 1.54) is 17.3 Å². The molecule has 6 nitrogen and oxygen atoms in total. The van der Waals surface area contributed by atoms with Crippen molar-refractivity contribution in [3.8, 4) is 22.6 Å². The first kappa shape index (κ1) is 21.9. The maximum absolute atomic E-state index is 10.2. The minimum absolute atomic E-state index is 0.176. The van der Waals surface area contributed by atoms with Gasteiger partial charge in [-0.25, -0.2) is 0 Å². The smallest absolute Gasteiger partial charge is 0.276 e. The van der Waals surface area contributed by atoms with Crippen LogP contribution in [0.1, 0.15) is 11.5 Å². The zero-order valence-corrected chi connectivity index (χ0v) is 18.5. The number of thioether (sulfide) groups is 1. The van der Waals surface area contributed by atoms with Gasteiger partial charge in [-0.3, -0.25) is 0 Å². The van der Waals surface area contributed by atoms with Crippen LogP contribution in [-0.2, 0) is 6.61 Å². The number of benzene rings is 3. The average molecular weight is 449 g/mol. The maximum Gasteiger partial charge on any atom is 0.276 e. The van der Waals surface area contributed by atoms with Crippen LogP contribution in [0, 0.1) is 6.92 Å². The highest BCUT2D eigenvalue weighted by atomic mass is 32.2. The van der Waals surface area contributed by atoms with E-state index in [9.17, 15) is 5.11 Å². The van der Waals surface area contributed by atoms with E-state index in [4.69, 9.17) is 13.9 Å². The van der Waals surface area contributed by atoms with E-state index >= 15 is 0 Å². The molecule has 1 unspecified atom stereocenters. The normalized spacial score (nSPS) is 11.8. The molecule has 3 aromatic carbocycles. The van der Waals surface area contributed by atoms with Crippen LogP contribution in [0.2, 0.25) is 0 Å². The SMILES string of the molecule is Cc1ccc(OCc2nnc(SCC(O)COc3ccc(-c4ccccc4)cc3)o2)cc1. The van der Waals surface area contributed by atoms with Crippen molar-refractivity contribution in [1.82, 2.24) is 10.2 Å². The molecule has 4 aromatic rings. The van der Waals surface area contributed by atoms with Gasteiger partial charge >= 0.3 is 0 Å². The van der Waals surface area contributed by atoms with Gasteiger partial charge in [-0.05, 0) is 42.3 Å². The van der Waals surface area contributed by atoms with E-state index < -0.39 is 6.10 Å². The van der Waals surface area contributed by atoms with Crippen LogP contribution in [0.5, 0.6) is 11.5 Å². The fraction of sp³-hybridized carbons (Fsp3) is 0.200. The third-order valence-corrected chi connectivity index (χ3v) is 5.60. The number of aromatic nitrogens is 2. The van der Waals surface area contributed by atoms with Gasteiger partial charge in [0.25, 0.3) is 11.1 Å². The van der Waals surface area contributed by atoms with Crippen molar-refractivity contribution in [2.24, 2.45) is 0 Å². The fourth-order valence-corrected chi connectivity index (χ4v) is 3.60. The molecule has 1 N–H and O–H groups in total. The van der Waals surface area contributed by atoms with E-state index in [2.05, 4.69) is 22.3 Å². The highest BCUT2D eigenvalue weighted by Gasteiger charge is 2.12. The highest BCUT2D eigenvalue weighted by molar-refractivity contribution is 7.99. The van der Waals surface area contributed by atoms with Crippen LogP contribution in [0.15, 0.2) is 88.5 Å². The van der Waals surface area contributed by atoms with Crippen LogP contribution in [0.3, 0.4) is 0 Å². The van der Waals surface area contributed by atoms with Gasteiger partial charge in [0.2, 0.25) is 0 Å². The van der Waals surface area contributed by atoms with E-state index in [-0.39, 0.29) is 13.2 Å². The number of hydrogen-bond acceptors (Lipinski definition) is 7. The number of aliphatic hydroxyl groups excluding tert-OH is 1. The second-order valence-corrected chi connectivity index (χ2v) is 8.20. The molecule has 164 valence electrons. The molecule has 0 fully saturated rings. The molecule has 0 amide bonds. The molecule has 1 heterocycles. The Bertz CT molecular complexity index is 1100. The molecule has 0 saturated carbocycles. The van der Waals surface area contributed by atoms with Crippen LogP contribution in [0.25, 0.3) is 11.1 Å². The highest BCUT2D eigenvalue weighted by Crippen LogP contribution is 2.23. The van der Waals surface area contributed by atoms with Gasteiger partial charge in [0.15, 0.2) is 6.61 Å². The Hall–Kier alpha value is -3.29. The van der Waals surface area contributed by atoms with Gasteiger partial charge in [-0.2, -0.15) is 0 Å². The van der Waals surface area contributed by atoms with Crippen LogP contribution in [0.4, 0.5) is 0 Å². The summed E-state index contributed by atoms with van der Waals surface area (Å²) in [5.41, 5.74) is 3.44. The summed E-state index contributed by atoms with van der Waals surface area (Å²) in [5.74, 6) is 2.22. The summed E-state index contributed by atoms with van der Waals surface area (Å²) in [6.45, 7) is 2.39. The second kappa shape index (κ2) is 10.8. The topological polar surface area (TPSA) is 77.6 Å². The molecule has 0 saturated heterocycles. The average Bonchev–Trinajstić information content (AvgIpc) is 3.30. The van der Waals surface area contributed by atoms with Crippen LogP contribution in [-0.4, -0.2) is 33.8 Å². The molecule has 0 aliphatic carbocycles. The Morgan fingerprint density at radius 2 is 1.50 bits per heavy atom. The Kier molecular flexibility index (Phi) is 7.42. The molecule has 0 bridgehead atoms. The first-order chi connectivity index (χ1) is 15.7. The predicted octanol–water partition coefficient (Wildman–Crippen LogP) is 5.16. The zero-order chi connectivity index (χ0) is 22.2. The van der Waals surface area contributed by atoms with E-state index in [1.54, 1.807) is 0 Å². The fourth-order valence-electron chi connectivity index (χ4n) is 2.92. The molecule has 0 spiro atoms. The number of nitrogens with zero attached hydrogens (tertiary/aromatic N) is 2.